The number of nitrogens with zero attached hydrogens (tertiary/aromatic N) is 2. The highest BCUT2D eigenvalue weighted by Gasteiger charge is 2.46. The molecule has 2 fully saturated rings. The minimum Gasteiger partial charge on any atom is -0.349 e. The maximum atomic E-state index is 14.5. The summed E-state index contributed by atoms with van der Waals surface area (Å²) in [6, 6.07) is 11.5. The van der Waals surface area contributed by atoms with Crippen molar-refractivity contribution in [1.82, 2.24) is 20.6 Å². The lowest BCUT2D eigenvalue weighted by atomic mass is 9.86. The van der Waals surface area contributed by atoms with Crippen molar-refractivity contribution in [3.8, 4) is 0 Å². The number of hydrogen-bond donors (Lipinski definition) is 4. The largest absolute Gasteiger partial charge is 0.349 e. The van der Waals surface area contributed by atoms with E-state index in [1.165, 1.54) is 30.0 Å². The molecule has 2 heterocycles. The van der Waals surface area contributed by atoms with Gasteiger partial charge in [-0.1, -0.05) is 26.8 Å². The summed E-state index contributed by atoms with van der Waals surface area (Å²) in [5.74, 6) is 0.288. The Morgan fingerprint density at radius 1 is 1.08 bits per heavy atom. The van der Waals surface area contributed by atoms with Crippen LogP contribution in [0.4, 0.5) is 27.5 Å². The monoisotopic (exact) mass is 500 g/mol. The van der Waals surface area contributed by atoms with Crippen LogP contribution in [0.1, 0.15) is 73.5 Å². The zero-order valence-corrected chi connectivity index (χ0v) is 21.5. The Morgan fingerprint density at radius 2 is 1.84 bits per heavy atom. The number of rotatable bonds is 6. The van der Waals surface area contributed by atoms with Crippen molar-refractivity contribution in [2.24, 2.45) is 0 Å². The molecule has 0 radical (unpaired) electrons. The summed E-state index contributed by atoms with van der Waals surface area (Å²) in [4.78, 5) is 22.1. The molecule has 192 valence electrons. The minimum absolute atomic E-state index is 0.178. The van der Waals surface area contributed by atoms with E-state index in [1.807, 2.05) is 20.8 Å². The first-order valence-electron chi connectivity index (χ1n) is 13.1. The van der Waals surface area contributed by atoms with E-state index < -0.39 is 0 Å². The van der Waals surface area contributed by atoms with Crippen molar-refractivity contribution in [3.05, 3.63) is 70.7 Å². The normalized spacial score (nSPS) is 17.7. The number of nitrogens with one attached hydrogen (secondary N) is 4. The van der Waals surface area contributed by atoms with E-state index in [9.17, 15) is 9.18 Å². The molecule has 2 aliphatic carbocycles. The van der Waals surface area contributed by atoms with Gasteiger partial charge >= 0.3 is 0 Å². The third-order valence-corrected chi connectivity index (χ3v) is 7.47. The summed E-state index contributed by atoms with van der Waals surface area (Å²) in [5.41, 5.74) is 5.07. The van der Waals surface area contributed by atoms with Crippen LogP contribution < -0.4 is 21.3 Å². The fourth-order valence-corrected chi connectivity index (χ4v) is 5.09. The van der Waals surface area contributed by atoms with Crippen molar-refractivity contribution in [2.75, 3.05) is 17.2 Å². The summed E-state index contributed by atoms with van der Waals surface area (Å²) in [5, 5.41) is 13.2. The van der Waals surface area contributed by atoms with Crippen LogP contribution in [0.2, 0.25) is 0 Å². The molecule has 1 aromatic heterocycles. The smallest absolute Gasteiger partial charge is 0.256 e. The average Bonchev–Trinajstić information content (AvgIpc) is 3.78. The Kier molecular flexibility index (Phi) is 5.67. The van der Waals surface area contributed by atoms with Crippen LogP contribution in [0, 0.1) is 5.82 Å². The van der Waals surface area contributed by atoms with Gasteiger partial charge < -0.3 is 21.3 Å². The molecule has 2 saturated carbocycles. The number of hydrogen-bond acceptors (Lipinski definition) is 6. The number of benzene rings is 2. The van der Waals surface area contributed by atoms with Crippen LogP contribution in [0.15, 0.2) is 42.6 Å². The first-order valence-corrected chi connectivity index (χ1v) is 13.1. The highest BCUT2D eigenvalue weighted by molar-refractivity contribution is 5.99. The molecule has 2 aromatic carbocycles. The molecule has 8 heteroatoms. The predicted molar refractivity (Wildman–Crippen MR) is 143 cm³/mol. The molecule has 1 amide bonds. The Balaban J connectivity index is 1.30. The molecule has 0 saturated heterocycles. The SMILES string of the molecule is CC(C)(C)c1cc(Nc2nc(Nc3ccc4c(c3)CCNC43CC3)ncc2C(=O)NC2CC2)ccc1F. The van der Waals surface area contributed by atoms with Crippen LogP contribution in [0.25, 0.3) is 0 Å². The summed E-state index contributed by atoms with van der Waals surface area (Å²) >= 11 is 0. The van der Waals surface area contributed by atoms with Gasteiger partial charge in [-0.05, 0) is 84.5 Å². The molecule has 1 aliphatic heterocycles. The van der Waals surface area contributed by atoms with E-state index in [0.29, 0.717) is 28.6 Å². The van der Waals surface area contributed by atoms with Gasteiger partial charge in [0.2, 0.25) is 5.95 Å². The van der Waals surface area contributed by atoms with Crippen molar-refractivity contribution >= 4 is 29.0 Å². The zero-order chi connectivity index (χ0) is 25.8. The van der Waals surface area contributed by atoms with E-state index in [0.717, 1.165) is 31.5 Å². The van der Waals surface area contributed by atoms with Crippen molar-refractivity contribution in [3.63, 3.8) is 0 Å². The van der Waals surface area contributed by atoms with Gasteiger partial charge in [-0.15, -0.1) is 0 Å². The Bertz CT molecular complexity index is 1370. The molecule has 37 heavy (non-hydrogen) atoms. The molecule has 3 aliphatic rings. The van der Waals surface area contributed by atoms with E-state index in [4.69, 9.17) is 0 Å². The van der Waals surface area contributed by atoms with Gasteiger partial charge in [-0.25, -0.2) is 9.37 Å². The molecule has 0 unspecified atom stereocenters. The Morgan fingerprint density at radius 3 is 2.57 bits per heavy atom. The molecular formula is C29H33FN6O. The van der Waals surface area contributed by atoms with E-state index in [-0.39, 0.29) is 28.7 Å². The summed E-state index contributed by atoms with van der Waals surface area (Å²) in [6.07, 6.45) is 6.88. The van der Waals surface area contributed by atoms with Gasteiger partial charge in [-0.2, -0.15) is 4.98 Å². The minimum atomic E-state index is -0.368. The molecule has 4 N–H and O–H groups in total. The topological polar surface area (TPSA) is 91.0 Å². The van der Waals surface area contributed by atoms with Crippen LogP contribution in [0.3, 0.4) is 0 Å². The number of carbonyl (C=O) groups excluding carboxylic acids is 1. The van der Waals surface area contributed by atoms with E-state index in [2.05, 4.69) is 49.4 Å². The lowest BCUT2D eigenvalue weighted by molar-refractivity contribution is 0.0951. The average molecular weight is 501 g/mol. The lowest BCUT2D eigenvalue weighted by Crippen LogP contribution is -2.36. The molecular weight excluding hydrogens is 467 g/mol. The molecule has 0 bridgehead atoms. The maximum Gasteiger partial charge on any atom is 0.256 e. The number of anilines is 4. The van der Waals surface area contributed by atoms with E-state index >= 15 is 0 Å². The summed E-state index contributed by atoms with van der Waals surface area (Å²) in [6.45, 7) is 6.89. The van der Waals surface area contributed by atoms with Gasteiger partial charge in [0.1, 0.15) is 17.2 Å². The second kappa shape index (κ2) is 8.80. The number of fused-ring (bicyclic) bond motifs is 2. The molecule has 3 aromatic rings. The van der Waals surface area contributed by atoms with Gasteiger partial charge in [0.05, 0.1) is 0 Å². The predicted octanol–water partition coefficient (Wildman–Crippen LogP) is 5.43. The van der Waals surface area contributed by atoms with Crippen LogP contribution >= 0.6 is 0 Å². The third kappa shape index (κ3) is 4.90. The quantitative estimate of drug-likeness (QED) is 0.361. The Hall–Kier alpha value is -3.52. The number of carbonyl (C=O) groups is 1. The summed E-state index contributed by atoms with van der Waals surface area (Å²) < 4.78 is 14.5. The number of amides is 1. The first-order chi connectivity index (χ1) is 17.7. The van der Waals surface area contributed by atoms with Crippen LogP contribution in [-0.4, -0.2) is 28.5 Å². The third-order valence-electron chi connectivity index (χ3n) is 7.47. The van der Waals surface area contributed by atoms with E-state index in [1.54, 1.807) is 18.3 Å². The highest BCUT2D eigenvalue weighted by atomic mass is 19.1. The molecule has 0 atom stereocenters. The zero-order valence-electron chi connectivity index (χ0n) is 21.5. The maximum absolute atomic E-state index is 14.5. The first kappa shape index (κ1) is 23.9. The number of halogens is 1. The van der Waals surface area contributed by atoms with Gasteiger partial charge in [-0.3, -0.25) is 4.79 Å². The molecule has 6 rings (SSSR count). The molecule has 7 nitrogen and oxygen atoms in total. The summed E-state index contributed by atoms with van der Waals surface area (Å²) in [7, 11) is 0. The van der Waals surface area contributed by atoms with Crippen LogP contribution in [0.5, 0.6) is 0 Å². The lowest BCUT2D eigenvalue weighted by Gasteiger charge is -2.27. The van der Waals surface area contributed by atoms with Crippen molar-refractivity contribution in [2.45, 2.75) is 69.9 Å². The van der Waals surface area contributed by atoms with Gasteiger partial charge in [0.15, 0.2) is 0 Å². The second-order valence-electron chi connectivity index (χ2n) is 11.5. The van der Waals surface area contributed by atoms with Crippen molar-refractivity contribution < 1.29 is 9.18 Å². The highest BCUT2D eigenvalue weighted by Crippen LogP contribution is 2.49. The standard InChI is InChI=1S/C29H33FN6O/c1-28(2,3)23-15-20(7-9-24(23)30)33-25-21(26(37)34-18-4-5-18)16-31-27(36-25)35-19-6-8-22-17(14-19)10-13-32-29(22)11-12-29/h6-9,14-16,18,32H,4-5,10-13H2,1-3H3,(H,34,37)(H2,31,33,35,36). The fourth-order valence-electron chi connectivity index (χ4n) is 5.09. The van der Waals surface area contributed by atoms with Crippen molar-refractivity contribution in [1.29, 1.82) is 0 Å². The Labute approximate surface area is 216 Å². The fraction of sp³-hybridized carbons (Fsp3) is 0.414. The van der Waals surface area contributed by atoms with Crippen LogP contribution in [-0.2, 0) is 17.4 Å². The molecule has 1 spiro atoms. The second-order valence-corrected chi connectivity index (χ2v) is 11.5. The van der Waals surface area contributed by atoms with Gasteiger partial charge in [0.25, 0.3) is 5.91 Å². The van der Waals surface area contributed by atoms with Gasteiger partial charge in [0, 0.05) is 35.7 Å². The number of aromatic nitrogens is 2.